The fraction of sp³-hybridized carbons (Fsp3) is 0.462. The number of fused-ring (bicyclic) bond motifs is 1. The van der Waals surface area contributed by atoms with Crippen molar-refractivity contribution in [3.05, 3.63) is 23.7 Å². The Morgan fingerprint density at radius 3 is 3.12 bits per heavy atom. The Bertz CT molecular complexity index is 467. The number of rotatable bonds is 6. The highest BCUT2D eigenvalue weighted by atomic mass is 32.1. The maximum absolute atomic E-state index is 5.71. The van der Waals surface area contributed by atoms with Gasteiger partial charge < -0.3 is 10.1 Å². The van der Waals surface area contributed by atoms with Crippen LogP contribution in [0, 0.1) is 0 Å². The zero-order valence-corrected chi connectivity index (χ0v) is 11.1. The van der Waals surface area contributed by atoms with Crippen LogP contribution in [0.2, 0.25) is 0 Å². The quantitative estimate of drug-likeness (QED) is 0.800. The van der Waals surface area contributed by atoms with E-state index >= 15 is 0 Å². The summed E-state index contributed by atoms with van der Waals surface area (Å²) in [6.07, 6.45) is 2.81. The Labute approximate surface area is 106 Å². The van der Waals surface area contributed by atoms with Gasteiger partial charge in [-0.1, -0.05) is 13.8 Å². The molecule has 0 saturated heterocycles. The van der Waals surface area contributed by atoms with E-state index in [0.717, 1.165) is 24.2 Å². The minimum Gasteiger partial charge on any atom is -0.477 e. The second kappa shape index (κ2) is 5.98. The second-order valence-corrected chi connectivity index (χ2v) is 5.21. The summed E-state index contributed by atoms with van der Waals surface area (Å²) in [5, 5.41) is 6.55. The molecule has 17 heavy (non-hydrogen) atoms. The van der Waals surface area contributed by atoms with Crippen molar-refractivity contribution in [2.75, 3.05) is 13.2 Å². The zero-order valence-electron chi connectivity index (χ0n) is 10.3. The molecule has 2 aromatic rings. The van der Waals surface area contributed by atoms with Gasteiger partial charge in [0.1, 0.15) is 0 Å². The Hall–Kier alpha value is -1.13. The van der Waals surface area contributed by atoms with Gasteiger partial charge in [0.2, 0.25) is 5.88 Å². The topological polar surface area (TPSA) is 34.1 Å². The summed E-state index contributed by atoms with van der Waals surface area (Å²) in [4.78, 5) is 4.28. The molecule has 4 heteroatoms. The van der Waals surface area contributed by atoms with Crippen molar-refractivity contribution >= 4 is 21.4 Å². The lowest BCUT2D eigenvalue weighted by molar-refractivity contribution is 0.299. The van der Waals surface area contributed by atoms with E-state index in [2.05, 4.69) is 35.6 Å². The number of hydrogen-bond acceptors (Lipinski definition) is 4. The molecule has 0 aliphatic rings. The lowest BCUT2D eigenvalue weighted by atomic mass is 10.3. The smallest absolute Gasteiger partial charge is 0.222 e. The third-order valence-corrected chi connectivity index (χ3v) is 3.34. The van der Waals surface area contributed by atoms with E-state index in [4.69, 9.17) is 4.74 Å². The standard InChI is InChI=1S/C13H18N2OS/c1-10(2)14-6-3-8-16-13-11-5-9-17-12(11)4-7-15-13/h4-5,7,9-10,14H,3,6,8H2,1-2H3. The van der Waals surface area contributed by atoms with Crippen LogP contribution >= 0.6 is 11.3 Å². The highest BCUT2D eigenvalue weighted by Crippen LogP contribution is 2.27. The van der Waals surface area contributed by atoms with Gasteiger partial charge in [0.15, 0.2) is 0 Å². The average molecular weight is 250 g/mol. The fourth-order valence-electron chi connectivity index (χ4n) is 1.62. The molecule has 0 amide bonds. The van der Waals surface area contributed by atoms with E-state index in [1.54, 1.807) is 17.5 Å². The number of nitrogens with one attached hydrogen (secondary N) is 1. The van der Waals surface area contributed by atoms with Crippen LogP contribution in [0.4, 0.5) is 0 Å². The molecule has 3 nitrogen and oxygen atoms in total. The Morgan fingerprint density at radius 1 is 1.41 bits per heavy atom. The van der Waals surface area contributed by atoms with Crippen molar-refractivity contribution in [1.29, 1.82) is 0 Å². The molecule has 92 valence electrons. The van der Waals surface area contributed by atoms with Gasteiger partial charge in [0.25, 0.3) is 0 Å². The summed E-state index contributed by atoms with van der Waals surface area (Å²) in [7, 11) is 0. The number of nitrogens with zero attached hydrogens (tertiary/aromatic N) is 1. The van der Waals surface area contributed by atoms with Crippen molar-refractivity contribution in [2.45, 2.75) is 26.3 Å². The number of thiophene rings is 1. The first-order valence-corrected chi connectivity index (χ1v) is 6.84. The summed E-state index contributed by atoms with van der Waals surface area (Å²) in [6, 6.07) is 4.62. The average Bonchev–Trinajstić information content (AvgIpc) is 2.77. The van der Waals surface area contributed by atoms with Crippen LogP contribution in [0.15, 0.2) is 23.7 Å². The van der Waals surface area contributed by atoms with Crippen LogP contribution in [0.5, 0.6) is 5.88 Å². The van der Waals surface area contributed by atoms with Gasteiger partial charge >= 0.3 is 0 Å². The summed E-state index contributed by atoms with van der Waals surface area (Å²) < 4.78 is 6.95. The molecule has 0 spiro atoms. The van der Waals surface area contributed by atoms with E-state index in [1.807, 2.05) is 6.07 Å². The Morgan fingerprint density at radius 2 is 2.29 bits per heavy atom. The minimum atomic E-state index is 0.536. The van der Waals surface area contributed by atoms with Gasteiger partial charge in [0, 0.05) is 16.9 Å². The highest BCUT2D eigenvalue weighted by Gasteiger charge is 2.03. The zero-order chi connectivity index (χ0) is 12.1. The summed E-state index contributed by atoms with van der Waals surface area (Å²) in [5.74, 6) is 0.758. The van der Waals surface area contributed by atoms with E-state index in [9.17, 15) is 0 Å². The molecule has 0 unspecified atom stereocenters. The fourth-order valence-corrected chi connectivity index (χ4v) is 2.39. The number of ether oxygens (including phenoxy) is 1. The molecule has 0 bridgehead atoms. The highest BCUT2D eigenvalue weighted by molar-refractivity contribution is 7.17. The van der Waals surface area contributed by atoms with Crippen molar-refractivity contribution in [3.8, 4) is 5.88 Å². The first kappa shape index (κ1) is 12.3. The Kier molecular flexibility index (Phi) is 4.34. The van der Waals surface area contributed by atoms with E-state index < -0.39 is 0 Å². The first-order valence-electron chi connectivity index (χ1n) is 5.96. The maximum atomic E-state index is 5.71. The van der Waals surface area contributed by atoms with Crippen LogP contribution in [-0.2, 0) is 0 Å². The molecule has 0 radical (unpaired) electrons. The summed E-state index contributed by atoms with van der Waals surface area (Å²) in [6.45, 7) is 5.99. The monoisotopic (exact) mass is 250 g/mol. The molecule has 2 aromatic heterocycles. The van der Waals surface area contributed by atoms with Crippen molar-refractivity contribution in [2.24, 2.45) is 0 Å². The van der Waals surface area contributed by atoms with Gasteiger partial charge in [-0.2, -0.15) is 0 Å². The molecular formula is C13H18N2OS. The summed E-state index contributed by atoms with van der Waals surface area (Å²) in [5.41, 5.74) is 0. The normalized spacial score (nSPS) is 11.2. The molecule has 0 aliphatic carbocycles. The lowest BCUT2D eigenvalue weighted by Gasteiger charge is -2.09. The molecule has 2 rings (SSSR count). The van der Waals surface area contributed by atoms with Crippen LogP contribution < -0.4 is 10.1 Å². The molecule has 2 heterocycles. The van der Waals surface area contributed by atoms with Crippen molar-refractivity contribution in [3.63, 3.8) is 0 Å². The number of aromatic nitrogens is 1. The van der Waals surface area contributed by atoms with Crippen LogP contribution in [-0.4, -0.2) is 24.2 Å². The van der Waals surface area contributed by atoms with Crippen molar-refractivity contribution < 1.29 is 4.74 Å². The Balaban J connectivity index is 1.84. The molecular weight excluding hydrogens is 232 g/mol. The van der Waals surface area contributed by atoms with Crippen LogP contribution in [0.1, 0.15) is 20.3 Å². The third kappa shape index (κ3) is 3.41. The molecule has 0 saturated carbocycles. The molecule has 1 N–H and O–H groups in total. The molecule has 0 aromatic carbocycles. The predicted octanol–water partition coefficient (Wildman–Crippen LogP) is 3.06. The van der Waals surface area contributed by atoms with Gasteiger partial charge in [-0.3, -0.25) is 0 Å². The second-order valence-electron chi connectivity index (χ2n) is 4.26. The van der Waals surface area contributed by atoms with Gasteiger partial charge in [-0.05, 0) is 30.5 Å². The predicted molar refractivity (Wildman–Crippen MR) is 72.9 cm³/mol. The van der Waals surface area contributed by atoms with Gasteiger partial charge in [-0.25, -0.2) is 4.98 Å². The molecule has 0 atom stereocenters. The first-order chi connectivity index (χ1) is 8.27. The number of hydrogen-bond donors (Lipinski definition) is 1. The van der Waals surface area contributed by atoms with E-state index in [-0.39, 0.29) is 0 Å². The maximum Gasteiger partial charge on any atom is 0.222 e. The largest absolute Gasteiger partial charge is 0.477 e. The van der Waals surface area contributed by atoms with Crippen LogP contribution in [0.3, 0.4) is 0 Å². The van der Waals surface area contributed by atoms with Gasteiger partial charge in [0.05, 0.1) is 12.0 Å². The van der Waals surface area contributed by atoms with Crippen molar-refractivity contribution in [1.82, 2.24) is 10.3 Å². The SMILES string of the molecule is CC(C)NCCCOc1nccc2sccc12. The third-order valence-electron chi connectivity index (χ3n) is 2.46. The lowest BCUT2D eigenvalue weighted by Crippen LogP contribution is -2.24. The van der Waals surface area contributed by atoms with E-state index in [0.29, 0.717) is 12.6 Å². The number of pyridine rings is 1. The van der Waals surface area contributed by atoms with Gasteiger partial charge in [-0.15, -0.1) is 11.3 Å². The van der Waals surface area contributed by atoms with Crippen LogP contribution in [0.25, 0.3) is 10.1 Å². The summed E-state index contributed by atoms with van der Waals surface area (Å²) >= 11 is 1.72. The molecule has 0 fully saturated rings. The molecule has 0 aliphatic heterocycles. The van der Waals surface area contributed by atoms with E-state index in [1.165, 1.54) is 4.70 Å². The minimum absolute atomic E-state index is 0.536.